The predicted molar refractivity (Wildman–Crippen MR) is 177 cm³/mol. The number of para-hydroxylation sites is 1. The fourth-order valence-electron chi connectivity index (χ4n) is 4.76. The van der Waals surface area contributed by atoms with Gasteiger partial charge < -0.3 is 16.1 Å². The molecular formula is C35H62N4O. The summed E-state index contributed by atoms with van der Waals surface area (Å²) in [4.78, 5) is 15.3. The number of benzene rings is 1. The highest BCUT2D eigenvalue weighted by Crippen LogP contribution is 2.25. The summed E-state index contributed by atoms with van der Waals surface area (Å²) in [6, 6.07) is 10.2. The molecule has 1 aromatic rings. The van der Waals surface area contributed by atoms with Crippen LogP contribution in [0.1, 0.15) is 112 Å². The van der Waals surface area contributed by atoms with Crippen molar-refractivity contribution in [3.05, 3.63) is 66.9 Å². The number of allylic oxidation sites excluding steroid dienone is 3. The minimum absolute atomic E-state index is 0.105. The maximum Gasteiger partial charge on any atom is 0.230 e. The van der Waals surface area contributed by atoms with E-state index >= 15 is 0 Å². The highest BCUT2D eigenvalue weighted by atomic mass is 16.2. The summed E-state index contributed by atoms with van der Waals surface area (Å²) in [5.41, 5.74) is 14.5. The number of amides is 1. The molecule has 0 aliphatic heterocycles. The van der Waals surface area contributed by atoms with Gasteiger partial charge in [-0.05, 0) is 50.3 Å². The molecule has 0 aliphatic carbocycles. The van der Waals surface area contributed by atoms with Gasteiger partial charge in [0.2, 0.25) is 5.91 Å². The molecule has 3 unspecified atom stereocenters. The van der Waals surface area contributed by atoms with Gasteiger partial charge in [-0.1, -0.05) is 122 Å². The van der Waals surface area contributed by atoms with Gasteiger partial charge in [-0.3, -0.25) is 4.79 Å². The van der Waals surface area contributed by atoms with Gasteiger partial charge in [0.15, 0.2) is 0 Å². The molecule has 0 aromatic heterocycles. The van der Waals surface area contributed by atoms with Crippen molar-refractivity contribution in [1.29, 1.82) is 0 Å². The number of rotatable bonds is 22. The van der Waals surface area contributed by atoms with Crippen LogP contribution in [0.2, 0.25) is 0 Å². The molecule has 0 spiro atoms. The number of nitrogens with one attached hydrogen (secondary N) is 2. The molecule has 1 amide bonds. The summed E-state index contributed by atoms with van der Waals surface area (Å²) < 4.78 is 0. The van der Waals surface area contributed by atoms with Crippen molar-refractivity contribution in [2.75, 3.05) is 18.5 Å². The molecule has 228 valence electrons. The summed E-state index contributed by atoms with van der Waals surface area (Å²) in [6.45, 7) is 14.9. The lowest BCUT2D eigenvalue weighted by Crippen LogP contribution is -2.41. The first kappa shape index (κ1) is 37.6. The molecule has 40 heavy (non-hydrogen) atoms. The van der Waals surface area contributed by atoms with Crippen LogP contribution in [0.25, 0.3) is 0 Å². The lowest BCUT2D eigenvalue weighted by Gasteiger charge is -2.29. The van der Waals surface area contributed by atoms with Gasteiger partial charge in [-0.25, -0.2) is 5.43 Å². The van der Waals surface area contributed by atoms with E-state index in [1.807, 2.05) is 82.5 Å². The number of nitrogens with two attached hydrogens (primary N) is 1. The number of hydrogen-bond donors (Lipinski definition) is 3. The van der Waals surface area contributed by atoms with Crippen LogP contribution in [0.5, 0.6) is 0 Å². The van der Waals surface area contributed by atoms with E-state index < -0.39 is 0 Å². The van der Waals surface area contributed by atoms with Gasteiger partial charge >= 0.3 is 0 Å². The number of nitrogens with zero attached hydrogens (tertiary/aromatic N) is 1. The van der Waals surface area contributed by atoms with E-state index in [9.17, 15) is 4.79 Å². The van der Waals surface area contributed by atoms with Crippen molar-refractivity contribution in [3.63, 3.8) is 0 Å². The fourth-order valence-corrected chi connectivity index (χ4v) is 4.76. The van der Waals surface area contributed by atoms with Crippen LogP contribution in [0.15, 0.2) is 66.9 Å². The van der Waals surface area contributed by atoms with E-state index in [0.29, 0.717) is 6.54 Å². The largest absolute Gasteiger partial charge is 0.327 e. The lowest BCUT2D eigenvalue weighted by atomic mass is 9.86. The molecule has 0 bridgehead atoms. The molecule has 0 fully saturated rings. The van der Waals surface area contributed by atoms with Crippen molar-refractivity contribution in [1.82, 2.24) is 10.9 Å². The third-order valence-corrected chi connectivity index (χ3v) is 7.45. The van der Waals surface area contributed by atoms with E-state index in [-0.39, 0.29) is 23.8 Å². The maximum absolute atomic E-state index is 13.5. The lowest BCUT2D eigenvalue weighted by molar-refractivity contribution is -0.123. The predicted octanol–water partition coefficient (Wildman–Crippen LogP) is 8.70. The molecule has 0 aliphatic rings. The first-order valence-corrected chi connectivity index (χ1v) is 16.0. The van der Waals surface area contributed by atoms with Crippen molar-refractivity contribution in [2.24, 2.45) is 17.6 Å². The van der Waals surface area contributed by atoms with Crippen LogP contribution in [0.3, 0.4) is 0 Å². The maximum atomic E-state index is 13.5. The first-order valence-electron chi connectivity index (χ1n) is 16.0. The van der Waals surface area contributed by atoms with E-state index in [2.05, 4.69) is 31.3 Å². The number of unbranched alkanes of at least 4 members (excludes halogenated alkanes) is 8. The quantitative estimate of drug-likeness (QED) is 0.0580. The molecule has 0 radical (unpaired) electrons. The Balaban J connectivity index is 0.00000742. The molecule has 5 nitrogen and oxygen atoms in total. The number of hydrazine groups is 1. The van der Waals surface area contributed by atoms with E-state index in [1.165, 1.54) is 57.8 Å². The number of anilines is 1. The monoisotopic (exact) mass is 554 g/mol. The normalized spacial score (nSPS) is 13.7. The van der Waals surface area contributed by atoms with E-state index in [4.69, 9.17) is 5.73 Å². The van der Waals surface area contributed by atoms with Gasteiger partial charge in [0.1, 0.15) is 0 Å². The Labute approximate surface area is 247 Å². The van der Waals surface area contributed by atoms with Crippen molar-refractivity contribution < 1.29 is 4.79 Å². The second-order valence-electron chi connectivity index (χ2n) is 10.5. The highest BCUT2D eigenvalue weighted by molar-refractivity contribution is 5.94. The average molecular weight is 555 g/mol. The molecule has 1 rings (SSSR count). The second-order valence-corrected chi connectivity index (χ2v) is 10.5. The van der Waals surface area contributed by atoms with Crippen molar-refractivity contribution >= 4 is 11.6 Å². The molecule has 5 heteroatoms. The minimum atomic E-state index is -0.108. The Bertz CT molecular complexity index is 805. The SMILES string of the molecule is C=CC(C)C(CCC(CCCCCCCCCCC)NNC(/C=C\CN)=C/C)C(=O)N(C)c1ccccc1.CC. The summed E-state index contributed by atoms with van der Waals surface area (Å²) in [5, 5.41) is 0. The van der Waals surface area contributed by atoms with Crippen LogP contribution in [-0.4, -0.2) is 25.5 Å². The summed E-state index contributed by atoms with van der Waals surface area (Å²) >= 11 is 0. The molecule has 0 saturated heterocycles. The van der Waals surface area contributed by atoms with Crippen molar-refractivity contribution in [3.8, 4) is 0 Å². The van der Waals surface area contributed by atoms with E-state index in [1.54, 1.807) is 4.90 Å². The van der Waals surface area contributed by atoms with Crippen LogP contribution in [0.4, 0.5) is 5.69 Å². The highest BCUT2D eigenvalue weighted by Gasteiger charge is 2.27. The molecule has 1 aromatic carbocycles. The Kier molecular flexibility index (Phi) is 24.1. The Morgan fingerprint density at radius 3 is 2.12 bits per heavy atom. The Morgan fingerprint density at radius 1 is 0.975 bits per heavy atom. The number of carbonyl (C=O) groups is 1. The van der Waals surface area contributed by atoms with Crippen molar-refractivity contribution in [2.45, 2.75) is 118 Å². The molecule has 0 heterocycles. The summed E-state index contributed by atoms with van der Waals surface area (Å²) in [5.74, 6) is 0.149. The second kappa shape index (κ2) is 25.6. The summed E-state index contributed by atoms with van der Waals surface area (Å²) in [6.07, 6.45) is 22.6. The number of carbonyl (C=O) groups excluding carboxylic acids is 1. The minimum Gasteiger partial charge on any atom is -0.327 e. The van der Waals surface area contributed by atoms with Gasteiger partial charge in [0.05, 0.1) is 0 Å². The van der Waals surface area contributed by atoms with Gasteiger partial charge in [0, 0.05) is 36.9 Å². The Morgan fingerprint density at radius 2 is 1.57 bits per heavy atom. The molecular weight excluding hydrogens is 492 g/mol. The van der Waals surface area contributed by atoms with Gasteiger partial charge in [-0.15, -0.1) is 6.58 Å². The standard InChI is InChI=1S/C33H56N4O.C2H6/c1-6-9-10-11-12-13-14-15-17-21-30(36-35-29(8-3)22-20-27-34)25-26-32(28(4)7-2)33(38)37(5)31-23-18-16-19-24-31;1-2/h7-8,16,18-20,22-24,28,30,32,35-36H,2,6,9-15,17,21,25-27,34H2,1,3-5H3;1-2H3/b22-20-,29-8+;. The first-order chi connectivity index (χ1) is 19.5. The molecule has 4 N–H and O–H groups in total. The Hall–Kier alpha value is -2.37. The zero-order chi connectivity index (χ0) is 30.0. The van der Waals surface area contributed by atoms with Crippen LogP contribution in [0, 0.1) is 11.8 Å². The smallest absolute Gasteiger partial charge is 0.230 e. The molecule has 3 atom stereocenters. The van der Waals surface area contributed by atoms with Crippen LogP contribution < -0.4 is 21.5 Å². The molecule has 0 saturated carbocycles. The van der Waals surface area contributed by atoms with E-state index in [0.717, 1.165) is 30.6 Å². The van der Waals surface area contributed by atoms with Gasteiger partial charge in [-0.2, -0.15) is 0 Å². The topological polar surface area (TPSA) is 70.4 Å². The zero-order valence-electron chi connectivity index (χ0n) is 26.8. The van der Waals surface area contributed by atoms with Crippen LogP contribution >= 0.6 is 0 Å². The summed E-state index contributed by atoms with van der Waals surface area (Å²) in [7, 11) is 1.88. The zero-order valence-corrected chi connectivity index (χ0v) is 26.8. The average Bonchev–Trinajstić information content (AvgIpc) is 3.00. The third kappa shape index (κ3) is 16.7. The van der Waals surface area contributed by atoms with Crippen LogP contribution in [-0.2, 0) is 4.79 Å². The number of hydrogen-bond acceptors (Lipinski definition) is 4. The van der Waals surface area contributed by atoms with Gasteiger partial charge in [0.25, 0.3) is 0 Å². The third-order valence-electron chi connectivity index (χ3n) is 7.45. The fraction of sp³-hybridized carbons (Fsp3) is 0.629.